The van der Waals surface area contributed by atoms with Gasteiger partial charge in [0.1, 0.15) is 6.04 Å². The molecule has 1 fully saturated rings. The van der Waals surface area contributed by atoms with Crippen LogP contribution in [0.25, 0.3) is 0 Å². The Morgan fingerprint density at radius 3 is 2.34 bits per heavy atom. The van der Waals surface area contributed by atoms with E-state index < -0.39 is 26.9 Å². The van der Waals surface area contributed by atoms with Crippen molar-refractivity contribution in [3.05, 3.63) is 46.5 Å². The van der Waals surface area contributed by atoms with Crippen LogP contribution < -0.4 is 19.5 Å². The number of hydrogen-bond acceptors (Lipinski definition) is 8. The van der Waals surface area contributed by atoms with Crippen LogP contribution in [0.15, 0.2) is 41.3 Å². The van der Waals surface area contributed by atoms with Gasteiger partial charge < -0.3 is 19.5 Å². The minimum atomic E-state index is -4.01. The number of carbonyl (C=O) groups excluding carboxylic acids is 1. The van der Waals surface area contributed by atoms with E-state index in [1.165, 1.54) is 57.7 Å². The number of hydrogen-bond donors (Lipinski definition) is 1. The monoisotopic (exact) mass is 465 g/mol. The minimum Gasteiger partial charge on any atom is -0.493 e. The highest BCUT2D eigenvalue weighted by Gasteiger charge is 2.40. The zero-order valence-electron chi connectivity index (χ0n) is 17.7. The second-order valence-corrected chi connectivity index (χ2v) is 8.81. The van der Waals surface area contributed by atoms with Crippen LogP contribution in [-0.4, -0.2) is 57.5 Å². The van der Waals surface area contributed by atoms with Crippen LogP contribution in [0.2, 0.25) is 0 Å². The van der Waals surface area contributed by atoms with E-state index in [1.54, 1.807) is 0 Å². The molecule has 1 saturated heterocycles. The number of sulfonamides is 1. The van der Waals surface area contributed by atoms with Crippen molar-refractivity contribution in [2.75, 3.05) is 33.2 Å². The van der Waals surface area contributed by atoms with Crippen molar-refractivity contribution < 1.29 is 32.3 Å². The number of nitro benzene ring substituents is 1. The molecule has 0 bridgehead atoms. The Morgan fingerprint density at radius 1 is 1.06 bits per heavy atom. The summed E-state index contributed by atoms with van der Waals surface area (Å²) in [6.45, 7) is 0.164. The molecular formula is C20H23N3O8S. The normalized spacial score (nSPS) is 16.4. The maximum atomic E-state index is 13.2. The number of anilines is 1. The van der Waals surface area contributed by atoms with E-state index in [9.17, 15) is 23.3 Å². The number of rotatable bonds is 8. The molecule has 11 nitrogen and oxygen atoms in total. The van der Waals surface area contributed by atoms with E-state index >= 15 is 0 Å². The van der Waals surface area contributed by atoms with Crippen molar-refractivity contribution in [3.63, 3.8) is 0 Å². The van der Waals surface area contributed by atoms with Crippen molar-refractivity contribution in [3.8, 4) is 17.2 Å². The van der Waals surface area contributed by atoms with E-state index in [0.29, 0.717) is 18.6 Å². The second kappa shape index (κ2) is 9.40. The molecule has 3 rings (SSSR count). The Morgan fingerprint density at radius 2 is 1.72 bits per heavy atom. The van der Waals surface area contributed by atoms with Crippen LogP contribution in [0.1, 0.15) is 12.8 Å². The molecule has 0 saturated carbocycles. The Balaban J connectivity index is 1.86. The zero-order chi connectivity index (χ0) is 23.5. The highest BCUT2D eigenvalue weighted by molar-refractivity contribution is 7.89. The van der Waals surface area contributed by atoms with Gasteiger partial charge in [-0.25, -0.2) is 8.42 Å². The first-order valence-electron chi connectivity index (χ1n) is 9.60. The van der Waals surface area contributed by atoms with E-state index in [2.05, 4.69) is 5.32 Å². The molecule has 1 atom stereocenters. The van der Waals surface area contributed by atoms with Crippen LogP contribution in [-0.2, 0) is 14.8 Å². The molecule has 12 heteroatoms. The fourth-order valence-electron chi connectivity index (χ4n) is 3.54. The Hall–Kier alpha value is -3.38. The van der Waals surface area contributed by atoms with E-state index in [0.717, 1.165) is 4.31 Å². The molecule has 1 N–H and O–H groups in total. The number of methoxy groups -OCH3 is 3. The number of nitrogens with one attached hydrogen (secondary N) is 1. The third kappa shape index (κ3) is 4.46. The fourth-order valence-corrected chi connectivity index (χ4v) is 5.21. The van der Waals surface area contributed by atoms with Crippen LogP contribution in [0.5, 0.6) is 17.2 Å². The number of nitro groups is 1. The summed E-state index contributed by atoms with van der Waals surface area (Å²) in [6, 6.07) is 7.22. The molecule has 1 unspecified atom stereocenters. The molecule has 2 aromatic rings. The number of amides is 1. The maximum Gasteiger partial charge on any atom is 0.312 e. The van der Waals surface area contributed by atoms with Gasteiger partial charge in [-0.15, -0.1) is 0 Å². The van der Waals surface area contributed by atoms with Crippen molar-refractivity contribution in [2.24, 2.45) is 0 Å². The molecule has 0 spiro atoms. The SMILES string of the molecule is COc1ccc(S(=O)(=O)N2CCCC2C(=O)Nc2ccc(OC)c([N+](=O)[O-])c2)cc1OC. The Kier molecular flexibility index (Phi) is 6.84. The predicted octanol–water partition coefficient (Wildman–Crippen LogP) is 2.41. The highest BCUT2D eigenvalue weighted by Crippen LogP contribution is 2.34. The summed E-state index contributed by atoms with van der Waals surface area (Å²) in [7, 11) is 0.133. The van der Waals surface area contributed by atoms with Gasteiger partial charge in [-0.3, -0.25) is 14.9 Å². The molecule has 2 aromatic carbocycles. The van der Waals surface area contributed by atoms with Crippen LogP contribution >= 0.6 is 0 Å². The largest absolute Gasteiger partial charge is 0.493 e. The first-order valence-corrected chi connectivity index (χ1v) is 11.0. The van der Waals surface area contributed by atoms with Gasteiger partial charge in [0.25, 0.3) is 0 Å². The average molecular weight is 465 g/mol. The third-order valence-electron chi connectivity index (χ3n) is 5.11. The number of nitrogens with zero attached hydrogens (tertiary/aromatic N) is 2. The lowest BCUT2D eigenvalue weighted by molar-refractivity contribution is -0.385. The van der Waals surface area contributed by atoms with Crippen LogP contribution in [0.4, 0.5) is 11.4 Å². The van der Waals surface area contributed by atoms with Gasteiger partial charge in [-0.1, -0.05) is 0 Å². The van der Waals surface area contributed by atoms with Crippen molar-refractivity contribution in [2.45, 2.75) is 23.8 Å². The predicted molar refractivity (Wildman–Crippen MR) is 115 cm³/mol. The van der Waals surface area contributed by atoms with Gasteiger partial charge in [-0.2, -0.15) is 4.31 Å². The average Bonchev–Trinajstić information content (AvgIpc) is 3.29. The van der Waals surface area contributed by atoms with Gasteiger partial charge in [0, 0.05) is 24.4 Å². The lowest BCUT2D eigenvalue weighted by Gasteiger charge is -2.24. The first kappa shape index (κ1) is 23.3. The first-order chi connectivity index (χ1) is 15.2. The van der Waals surface area contributed by atoms with Crippen LogP contribution in [0.3, 0.4) is 0 Å². The molecular weight excluding hydrogens is 442 g/mol. The Bertz CT molecular complexity index is 1140. The summed E-state index contributed by atoms with van der Waals surface area (Å²) in [5, 5.41) is 13.8. The third-order valence-corrected chi connectivity index (χ3v) is 7.02. The summed E-state index contributed by atoms with van der Waals surface area (Å²) >= 11 is 0. The van der Waals surface area contributed by atoms with E-state index in [-0.39, 0.29) is 34.3 Å². The molecule has 0 aliphatic carbocycles. The smallest absolute Gasteiger partial charge is 0.312 e. The summed E-state index contributed by atoms with van der Waals surface area (Å²) in [5.41, 5.74) is -0.149. The summed E-state index contributed by atoms with van der Waals surface area (Å²) in [5.74, 6) is 0.0973. The van der Waals surface area contributed by atoms with Crippen molar-refractivity contribution in [1.29, 1.82) is 0 Å². The Labute approximate surface area is 185 Å². The molecule has 32 heavy (non-hydrogen) atoms. The molecule has 1 aliphatic heterocycles. The van der Waals surface area contributed by atoms with Gasteiger partial charge in [0.05, 0.1) is 31.1 Å². The quantitative estimate of drug-likeness (QED) is 0.463. The van der Waals surface area contributed by atoms with E-state index in [1.807, 2.05) is 0 Å². The van der Waals surface area contributed by atoms with E-state index in [4.69, 9.17) is 14.2 Å². The standard InChI is InChI=1S/C20H23N3O8S/c1-29-17-8-6-13(11-16(17)23(25)26)21-20(24)15-5-4-10-22(15)32(27,28)14-7-9-18(30-2)19(12-14)31-3/h6-9,11-12,15H,4-5,10H2,1-3H3,(H,21,24). The summed E-state index contributed by atoms with van der Waals surface area (Å²) < 4.78 is 42.9. The zero-order valence-corrected chi connectivity index (χ0v) is 18.5. The number of carbonyl (C=O) groups is 1. The highest BCUT2D eigenvalue weighted by atomic mass is 32.2. The molecule has 1 heterocycles. The number of ether oxygens (including phenoxy) is 3. The molecule has 1 amide bonds. The fraction of sp³-hybridized carbons (Fsp3) is 0.350. The van der Waals surface area contributed by atoms with Gasteiger partial charge in [0.2, 0.25) is 15.9 Å². The van der Waals surface area contributed by atoms with Crippen LogP contribution in [0, 0.1) is 10.1 Å². The molecule has 0 radical (unpaired) electrons. The second-order valence-electron chi connectivity index (χ2n) is 6.92. The minimum absolute atomic E-state index is 0.0325. The molecule has 172 valence electrons. The van der Waals surface area contributed by atoms with Gasteiger partial charge in [0.15, 0.2) is 17.2 Å². The topological polar surface area (TPSA) is 137 Å². The van der Waals surface area contributed by atoms with Crippen molar-refractivity contribution in [1.82, 2.24) is 4.31 Å². The summed E-state index contributed by atoms with van der Waals surface area (Å²) in [6.07, 6.45) is 0.809. The lowest BCUT2D eigenvalue weighted by atomic mass is 10.2. The lowest BCUT2D eigenvalue weighted by Crippen LogP contribution is -2.43. The van der Waals surface area contributed by atoms with Crippen molar-refractivity contribution >= 4 is 27.3 Å². The number of benzene rings is 2. The summed E-state index contributed by atoms with van der Waals surface area (Å²) in [4.78, 5) is 23.5. The van der Waals surface area contributed by atoms with Gasteiger partial charge >= 0.3 is 5.69 Å². The maximum absolute atomic E-state index is 13.2. The molecule has 1 aliphatic rings. The van der Waals surface area contributed by atoms with Gasteiger partial charge in [-0.05, 0) is 37.1 Å². The molecule has 0 aromatic heterocycles.